The fourth-order valence-corrected chi connectivity index (χ4v) is 7.21. The normalized spacial score (nSPS) is 33.9. The summed E-state index contributed by atoms with van der Waals surface area (Å²) in [5, 5.41) is 0. The molecule has 1 aromatic carbocycles. The van der Waals surface area contributed by atoms with Crippen LogP contribution in [0.3, 0.4) is 0 Å². The van der Waals surface area contributed by atoms with E-state index in [0.717, 1.165) is 53.6 Å². The highest BCUT2D eigenvalue weighted by Crippen LogP contribution is 2.39. The van der Waals surface area contributed by atoms with Crippen LogP contribution in [0.2, 0.25) is 0 Å². The molecule has 0 aliphatic heterocycles. The molecule has 0 unspecified atom stereocenters. The van der Waals surface area contributed by atoms with E-state index in [9.17, 15) is 0 Å². The van der Waals surface area contributed by atoms with Crippen molar-refractivity contribution in [3.8, 4) is 0 Å². The third-order valence-corrected chi connectivity index (χ3v) is 9.81. The Kier molecular flexibility index (Phi) is 8.74. The monoisotopic (exact) mass is 440 g/mol. The second kappa shape index (κ2) is 11.5. The Bertz CT molecular complexity index is 697. The molecule has 3 saturated carbocycles. The fourth-order valence-electron chi connectivity index (χ4n) is 7.21. The molecule has 0 N–H and O–H groups in total. The first-order valence-electron chi connectivity index (χ1n) is 14.2. The van der Waals surface area contributed by atoms with Crippen LogP contribution < -0.4 is 0 Å². The molecule has 0 radical (unpaired) electrons. The van der Waals surface area contributed by atoms with Gasteiger partial charge in [0, 0.05) is 0 Å². The van der Waals surface area contributed by atoms with Gasteiger partial charge in [0.1, 0.15) is 5.82 Å². The number of rotatable bonds is 7. The van der Waals surface area contributed by atoms with Gasteiger partial charge < -0.3 is 0 Å². The lowest BCUT2D eigenvalue weighted by Gasteiger charge is -2.33. The smallest absolute Gasteiger partial charge is 0.129 e. The summed E-state index contributed by atoms with van der Waals surface area (Å²) in [5.74, 6) is 5.48. The number of aryl methyl sites for hydroxylation is 1. The Morgan fingerprint density at radius 3 is 1.72 bits per heavy atom. The first kappa shape index (κ1) is 24.3. The minimum absolute atomic E-state index is 0.109. The first-order chi connectivity index (χ1) is 15.5. The van der Waals surface area contributed by atoms with Crippen molar-refractivity contribution in [3.63, 3.8) is 0 Å². The first-order valence-corrected chi connectivity index (χ1v) is 14.2. The molecular formula is C31H49F. The van der Waals surface area contributed by atoms with Crippen molar-refractivity contribution in [1.29, 1.82) is 0 Å². The molecule has 180 valence electrons. The van der Waals surface area contributed by atoms with Crippen molar-refractivity contribution < 1.29 is 4.39 Å². The lowest BCUT2D eigenvalue weighted by Crippen LogP contribution is -2.21. The minimum Gasteiger partial charge on any atom is -0.206 e. The molecular weight excluding hydrogens is 391 g/mol. The Balaban J connectivity index is 1.22. The van der Waals surface area contributed by atoms with Crippen LogP contribution in [0.5, 0.6) is 0 Å². The second-order valence-electron chi connectivity index (χ2n) is 12.4. The predicted octanol–water partition coefficient (Wildman–Crippen LogP) is 9.46. The van der Waals surface area contributed by atoms with Gasteiger partial charge in [-0.3, -0.25) is 0 Å². The Hall–Kier alpha value is -0.850. The molecule has 1 aromatic rings. The summed E-state index contributed by atoms with van der Waals surface area (Å²) in [4.78, 5) is 0. The molecule has 0 saturated heterocycles. The van der Waals surface area contributed by atoms with E-state index < -0.39 is 0 Å². The molecule has 3 fully saturated rings. The Morgan fingerprint density at radius 1 is 0.656 bits per heavy atom. The van der Waals surface area contributed by atoms with Gasteiger partial charge in [-0.15, -0.1) is 0 Å². The maximum atomic E-state index is 15.3. The molecule has 0 atom stereocenters. The number of hydrogen-bond donors (Lipinski definition) is 0. The van der Waals surface area contributed by atoms with Crippen molar-refractivity contribution in [1.82, 2.24) is 0 Å². The third kappa shape index (κ3) is 6.60. The largest absolute Gasteiger partial charge is 0.206 e. The average molecular weight is 441 g/mol. The Labute approximate surface area is 198 Å². The molecule has 0 bridgehead atoms. The van der Waals surface area contributed by atoms with Gasteiger partial charge in [-0.25, -0.2) is 4.39 Å². The van der Waals surface area contributed by atoms with Crippen LogP contribution in [0.4, 0.5) is 4.39 Å². The van der Waals surface area contributed by atoms with Crippen molar-refractivity contribution >= 4 is 0 Å². The fraction of sp³-hybridized carbons (Fsp3) is 0.806. The summed E-state index contributed by atoms with van der Waals surface area (Å²) in [6.45, 7) is 6.84. The summed E-state index contributed by atoms with van der Waals surface area (Å²) in [7, 11) is 0. The van der Waals surface area contributed by atoms with E-state index >= 15 is 4.39 Å². The Morgan fingerprint density at radius 2 is 1.12 bits per heavy atom. The van der Waals surface area contributed by atoms with Gasteiger partial charge in [-0.2, -0.15) is 0 Å². The zero-order valence-corrected chi connectivity index (χ0v) is 21.3. The molecule has 4 rings (SSSR count). The predicted molar refractivity (Wildman–Crippen MR) is 135 cm³/mol. The number of hydrogen-bond acceptors (Lipinski definition) is 0. The van der Waals surface area contributed by atoms with Gasteiger partial charge in [0.05, 0.1) is 0 Å². The van der Waals surface area contributed by atoms with E-state index in [1.807, 2.05) is 6.92 Å². The van der Waals surface area contributed by atoms with Crippen molar-refractivity contribution in [3.05, 3.63) is 34.6 Å². The summed E-state index contributed by atoms with van der Waals surface area (Å²) in [5.41, 5.74) is 3.18. The molecule has 3 aliphatic rings. The molecule has 0 amide bonds. The lowest BCUT2D eigenvalue weighted by atomic mass is 9.72. The highest BCUT2D eigenvalue weighted by molar-refractivity contribution is 5.33. The van der Waals surface area contributed by atoms with Gasteiger partial charge >= 0.3 is 0 Å². The van der Waals surface area contributed by atoms with E-state index in [-0.39, 0.29) is 5.82 Å². The lowest BCUT2D eigenvalue weighted by molar-refractivity contribution is 0.195. The van der Waals surface area contributed by atoms with Crippen LogP contribution in [0.15, 0.2) is 12.1 Å². The standard InChI is InChI=1S/C31H49F/c1-22-4-8-25(9-5-22)16-17-29-18-19-30(31(32)24(29)3)21-28-14-12-27(13-15-28)20-26-10-6-23(2)7-11-26/h18-19,22-23,25-28H,4-17,20-21H2,1-3H3. The topological polar surface area (TPSA) is 0 Å². The van der Waals surface area contributed by atoms with Crippen molar-refractivity contribution in [2.24, 2.45) is 35.5 Å². The average Bonchev–Trinajstić information content (AvgIpc) is 2.80. The van der Waals surface area contributed by atoms with E-state index in [1.165, 1.54) is 95.5 Å². The highest BCUT2D eigenvalue weighted by atomic mass is 19.1. The van der Waals surface area contributed by atoms with Gasteiger partial charge in [-0.1, -0.05) is 90.2 Å². The SMILES string of the molecule is Cc1c(CCC2CCC(C)CC2)ccc(CC2CCC(CC3CCC(C)CC3)CC2)c1F. The van der Waals surface area contributed by atoms with Gasteiger partial charge in [0.2, 0.25) is 0 Å². The van der Waals surface area contributed by atoms with E-state index in [2.05, 4.69) is 26.0 Å². The summed E-state index contributed by atoms with van der Waals surface area (Å²) < 4.78 is 15.3. The number of benzene rings is 1. The maximum absolute atomic E-state index is 15.3. The van der Waals surface area contributed by atoms with Crippen LogP contribution in [-0.4, -0.2) is 0 Å². The highest BCUT2D eigenvalue weighted by Gasteiger charge is 2.27. The maximum Gasteiger partial charge on any atom is 0.129 e. The number of halogens is 1. The van der Waals surface area contributed by atoms with Crippen molar-refractivity contribution in [2.75, 3.05) is 0 Å². The molecule has 0 aromatic heterocycles. The van der Waals surface area contributed by atoms with Crippen LogP contribution in [0, 0.1) is 48.2 Å². The second-order valence-corrected chi connectivity index (χ2v) is 12.4. The van der Waals surface area contributed by atoms with Crippen LogP contribution in [0.1, 0.15) is 120 Å². The third-order valence-electron chi connectivity index (χ3n) is 9.81. The van der Waals surface area contributed by atoms with E-state index in [4.69, 9.17) is 0 Å². The van der Waals surface area contributed by atoms with Gasteiger partial charge in [-0.05, 0) is 97.6 Å². The molecule has 0 spiro atoms. The van der Waals surface area contributed by atoms with E-state index in [0.29, 0.717) is 5.92 Å². The van der Waals surface area contributed by atoms with Gasteiger partial charge in [0.25, 0.3) is 0 Å². The molecule has 3 aliphatic carbocycles. The van der Waals surface area contributed by atoms with Crippen molar-refractivity contribution in [2.45, 2.75) is 124 Å². The summed E-state index contributed by atoms with van der Waals surface area (Å²) in [6.07, 6.45) is 21.5. The molecule has 1 heteroatoms. The molecule has 0 heterocycles. The quantitative estimate of drug-likeness (QED) is 0.396. The summed E-state index contributed by atoms with van der Waals surface area (Å²) in [6, 6.07) is 4.39. The minimum atomic E-state index is 0.109. The van der Waals surface area contributed by atoms with Gasteiger partial charge in [0.15, 0.2) is 0 Å². The molecule has 0 nitrogen and oxygen atoms in total. The molecule has 32 heavy (non-hydrogen) atoms. The van der Waals surface area contributed by atoms with Crippen LogP contribution in [-0.2, 0) is 12.8 Å². The van der Waals surface area contributed by atoms with Crippen LogP contribution >= 0.6 is 0 Å². The zero-order chi connectivity index (χ0) is 22.5. The van der Waals surface area contributed by atoms with E-state index in [1.54, 1.807) is 0 Å². The zero-order valence-electron chi connectivity index (χ0n) is 21.3. The van der Waals surface area contributed by atoms with Crippen LogP contribution in [0.25, 0.3) is 0 Å². The summed E-state index contributed by atoms with van der Waals surface area (Å²) >= 11 is 0.